The first-order valence-electron chi connectivity index (χ1n) is 12.2. The van der Waals surface area contributed by atoms with E-state index in [0.29, 0.717) is 30.1 Å². The van der Waals surface area contributed by atoms with E-state index in [9.17, 15) is 27.2 Å². The molecule has 38 heavy (non-hydrogen) atoms. The summed E-state index contributed by atoms with van der Waals surface area (Å²) in [6.07, 6.45) is 0.736. The fourth-order valence-corrected chi connectivity index (χ4v) is 5.46. The molecule has 13 heteroatoms. The van der Waals surface area contributed by atoms with Gasteiger partial charge in [-0.2, -0.15) is 18.4 Å². The zero-order valence-electron chi connectivity index (χ0n) is 20.0. The molecular weight excluding hydrogens is 507 g/mol. The Hall–Kier alpha value is -3.79. The second kappa shape index (κ2) is 8.36. The highest BCUT2D eigenvalue weighted by Gasteiger charge is 2.61. The Morgan fingerprint density at radius 3 is 2.55 bits per heavy atom. The third-order valence-electron chi connectivity index (χ3n) is 7.44. The van der Waals surface area contributed by atoms with Crippen LogP contribution in [0.1, 0.15) is 55.6 Å². The molecule has 0 radical (unpaired) electrons. The van der Waals surface area contributed by atoms with Crippen LogP contribution in [0.5, 0.6) is 0 Å². The minimum atomic E-state index is -4.61. The molecule has 4 aliphatic rings. The van der Waals surface area contributed by atoms with E-state index in [0.717, 1.165) is 18.9 Å². The lowest BCUT2D eigenvalue weighted by Gasteiger charge is -2.56. The molecule has 8 nitrogen and oxygen atoms in total. The van der Waals surface area contributed by atoms with Crippen LogP contribution in [-0.2, 0) is 11.6 Å². The SMILES string of the molecule is N#CC1(c2cc(NN3NC(c4cccc(C(F)(F)F)n4)=CC(=NC4CC5(C4)CC(F)(F)C5)N3)ccn2)CC1. The zero-order chi connectivity index (χ0) is 26.8. The summed E-state index contributed by atoms with van der Waals surface area (Å²) in [6.45, 7) is 0. The van der Waals surface area contributed by atoms with Crippen molar-refractivity contribution < 1.29 is 22.0 Å². The molecule has 0 unspecified atom stereocenters. The van der Waals surface area contributed by atoms with Gasteiger partial charge in [-0.05, 0) is 60.6 Å². The maximum Gasteiger partial charge on any atom is 0.433 e. The van der Waals surface area contributed by atoms with Crippen LogP contribution >= 0.6 is 0 Å². The van der Waals surface area contributed by atoms with Gasteiger partial charge in [-0.3, -0.25) is 26.3 Å². The van der Waals surface area contributed by atoms with Crippen molar-refractivity contribution in [1.82, 2.24) is 26.0 Å². The topological polar surface area (TPSA) is 101 Å². The molecule has 0 bridgehead atoms. The highest BCUT2D eigenvalue weighted by atomic mass is 19.4. The van der Waals surface area contributed by atoms with Crippen LogP contribution in [0.25, 0.3) is 5.70 Å². The lowest BCUT2D eigenvalue weighted by Crippen LogP contribution is -2.57. The molecule has 0 amide bonds. The number of amidine groups is 1. The molecule has 3 fully saturated rings. The number of hydrazine groups is 3. The molecule has 198 valence electrons. The first-order valence-corrected chi connectivity index (χ1v) is 12.2. The predicted molar refractivity (Wildman–Crippen MR) is 127 cm³/mol. The molecule has 0 aromatic carbocycles. The van der Waals surface area contributed by atoms with Gasteiger partial charge >= 0.3 is 6.18 Å². The van der Waals surface area contributed by atoms with Crippen LogP contribution in [0.4, 0.5) is 27.6 Å². The molecule has 3 aliphatic carbocycles. The van der Waals surface area contributed by atoms with Crippen LogP contribution in [0, 0.1) is 16.7 Å². The summed E-state index contributed by atoms with van der Waals surface area (Å²) in [5.74, 6) is -2.27. The van der Waals surface area contributed by atoms with E-state index in [2.05, 4.69) is 37.3 Å². The number of nitrogens with one attached hydrogen (secondary N) is 3. The van der Waals surface area contributed by atoms with Gasteiger partial charge in [-0.15, -0.1) is 0 Å². The summed E-state index contributed by atoms with van der Waals surface area (Å²) in [7, 11) is 0. The summed E-state index contributed by atoms with van der Waals surface area (Å²) >= 11 is 0. The average Bonchev–Trinajstić information content (AvgIpc) is 3.63. The van der Waals surface area contributed by atoms with Crippen LogP contribution in [0.2, 0.25) is 0 Å². The van der Waals surface area contributed by atoms with Crippen molar-refractivity contribution in [2.75, 3.05) is 5.43 Å². The van der Waals surface area contributed by atoms with Gasteiger partial charge in [0.25, 0.3) is 0 Å². The predicted octanol–water partition coefficient (Wildman–Crippen LogP) is 4.72. The zero-order valence-corrected chi connectivity index (χ0v) is 20.0. The fourth-order valence-electron chi connectivity index (χ4n) is 5.46. The summed E-state index contributed by atoms with van der Waals surface area (Å²) < 4.78 is 66.7. The van der Waals surface area contributed by atoms with Crippen molar-refractivity contribution in [3.63, 3.8) is 0 Å². The van der Waals surface area contributed by atoms with Crippen molar-refractivity contribution in [3.05, 3.63) is 59.7 Å². The maximum atomic E-state index is 13.4. The number of hydrogen-bond acceptors (Lipinski definition) is 7. The van der Waals surface area contributed by atoms with E-state index >= 15 is 0 Å². The second-order valence-electron chi connectivity index (χ2n) is 10.5. The van der Waals surface area contributed by atoms with E-state index in [1.165, 1.54) is 23.4 Å². The minimum Gasteiger partial charge on any atom is -0.283 e. The number of aromatic nitrogens is 2. The Kier molecular flexibility index (Phi) is 5.40. The number of aliphatic imine (C=N–C) groups is 1. The van der Waals surface area contributed by atoms with Crippen molar-refractivity contribution in [1.29, 1.82) is 5.26 Å². The van der Waals surface area contributed by atoms with Gasteiger partial charge in [0.05, 0.1) is 40.3 Å². The molecule has 2 aromatic heterocycles. The summed E-state index contributed by atoms with van der Waals surface area (Å²) in [5.41, 5.74) is 8.52. The molecule has 1 aliphatic heterocycles. The molecule has 2 aromatic rings. The lowest BCUT2D eigenvalue weighted by atomic mass is 9.52. The van der Waals surface area contributed by atoms with E-state index in [1.54, 1.807) is 18.3 Å². The molecule has 1 spiro atoms. The summed E-state index contributed by atoms with van der Waals surface area (Å²) in [6, 6.07) is 9.14. The van der Waals surface area contributed by atoms with Crippen molar-refractivity contribution in [3.8, 4) is 6.07 Å². The Morgan fingerprint density at radius 2 is 1.89 bits per heavy atom. The number of rotatable bonds is 5. The van der Waals surface area contributed by atoms with Gasteiger partial charge in [0.15, 0.2) is 0 Å². The average molecular weight is 531 g/mol. The monoisotopic (exact) mass is 530 g/mol. The first kappa shape index (κ1) is 24.5. The third kappa shape index (κ3) is 4.64. The van der Waals surface area contributed by atoms with Crippen molar-refractivity contribution in [2.45, 2.75) is 62.1 Å². The minimum absolute atomic E-state index is 0.0429. The Morgan fingerprint density at radius 1 is 1.13 bits per heavy atom. The Balaban J connectivity index is 1.25. The number of hydrogen-bond donors (Lipinski definition) is 3. The van der Waals surface area contributed by atoms with Crippen LogP contribution < -0.4 is 16.3 Å². The molecule has 3 heterocycles. The van der Waals surface area contributed by atoms with E-state index in [-0.39, 0.29) is 35.7 Å². The van der Waals surface area contributed by atoms with E-state index < -0.39 is 23.2 Å². The number of anilines is 1. The third-order valence-corrected chi connectivity index (χ3v) is 7.44. The normalized spacial score (nSPS) is 24.3. The number of nitrogens with zero attached hydrogens (tertiary/aromatic N) is 5. The first-order chi connectivity index (χ1) is 18.0. The van der Waals surface area contributed by atoms with Crippen LogP contribution in [0.15, 0.2) is 47.6 Å². The van der Waals surface area contributed by atoms with Gasteiger partial charge in [0.1, 0.15) is 11.5 Å². The Labute approximate surface area is 214 Å². The maximum absolute atomic E-state index is 13.4. The van der Waals surface area contributed by atoms with Gasteiger partial charge in [-0.1, -0.05) is 6.07 Å². The summed E-state index contributed by atoms with van der Waals surface area (Å²) in [4.78, 5) is 12.7. The van der Waals surface area contributed by atoms with E-state index in [1.807, 2.05) is 0 Å². The number of pyridine rings is 2. The molecule has 3 N–H and O–H groups in total. The van der Waals surface area contributed by atoms with Crippen LogP contribution in [0.3, 0.4) is 0 Å². The quantitative estimate of drug-likeness (QED) is 0.481. The summed E-state index contributed by atoms with van der Waals surface area (Å²) in [5, 5.41) is 10.8. The highest BCUT2D eigenvalue weighted by molar-refractivity contribution is 5.99. The number of nitriles is 1. The largest absolute Gasteiger partial charge is 0.433 e. The van der Waals surface area contributed by atoms with Gasteiger partial charge in [0.2, 0.25) is 5.92 Å². The standard InChI is InChI=1S/C25H23F5N8/c26-24(27)12-22(13-24)10-16(11-22)33-21-9-18(17-2-1-3-19(34-17)25(28,29)30)36-38(37-21)35-15-4-7-32-20(8-15)23(14-31)5-6-23/h1-4,7-9,16,36H,5-6,10-13H2,(H,32,35)(H,33,37). The molecular formula is C25H23F5N8. The van der Waals surface area contributed by atoms with Crippen molar-refractivity contribution in [2.24, 2.45) is 10.4 Å². The smallest absolute Gasteiger partial charge is 0.283 e. The van der Waals surface area contributed by atoms with Crippen molar-refractivity contribution >= 4 is 17.2 Å². The van der Waals surface area contributed by atoms with E-state index in [4.69, 9.17) is 0 Å². The van der Waals surface area contributed by atoms with Gasteiger partial charge in [0, 0.05) is 25.1 Å². The second-order valence-corrected chi connectivity index (χ2v) is 10.5. The van der Waals surface area contributed by atoms with Gasteiger partial charge < -0.3 is 0 Å². The molecule has 0 atom stereocenters. The molecule has 0 saturated heterocycles. The number of halogens is 5. The van der Waals surface area contributed by atoms with Crippen LogP contribution in [-0.4, -0.2) is 33.0 Å². The Bertz CT molecular complexity index is 1360. The molecule has 3 saturated carbocycles. The lowest BCUT2D eigenvalue weighted by molar-refractivity contribution is -0.194. The fraction of sp³-hybridized carbons (Fsp3) is 0.440. The molecule has 6 rings (SSSR count). The number of alkyl halides is 5. The van der Waals surface area contributed by atoms with Gasteiger partial charge in [-0.25, -0.2) is 13.8 Å². The highest BCUT2D eigenvalue weighted by Crippen LogP contribution is 2.63.